The van der Waals surface area contributed by atoms with Gasteiger partial charge in [-0.05, 0) is 44.0 Å². The lowest BCUT2D eigenvalue weighted by Gasteiger charge is -2.32. The molecule has 0 unspecified atom stereocenters. The Balaban J connectivity index is 2.09. The second-order valence-electron chi connectivity index (χ2n) is 3.42. The van der Waals surface area contributed by atoms with Gasteiger partial charge in [0, 0.05) is 12.8 Å². The van der Waals surface area contributed by atoms with Crippen molar-refractivity contribution in [2.24, 2.45) is 0 Å². The van der Waals surface area contributed by atoms with Crippen molar-refractivity contribution in [1.29, 1.82) is 0 Å². The average Bonchev–Trinajstić information content (AvgIpc) is 2.08. The van der Waals surface area contributed by atoms with Gasteiger partial charge in [-0.2, -0.15) is 0 Å². The first-order valence-corrected chi connectivity index (χ1v) is 6.04. The molecular weight excluding hydrogens is 312 g/mol. The molecule has 0 heterocycles. The van der Waals surface area contributed by atoms with Crippen molar-refractivity contribution >= 4 is 31.9 Å². The summed E-state index contributed by atoms with van der Waals surface area (Å²) in [6.07, 6.45) is 1.43. The topological polar surface area (TPSA) is 29.5 Å². The van der Waals surface area contributed by atoms with Crippen LogP contribution in [0.2, 0.25) is 0 Å². The smallest absolute Gasteiger partial charge is 0.148 e. The molecule has 0 radical (unpaired) electrons. The van der Waals surface area contributed by atoms with Crippen LogP contribution in [0.1, 0.15) is 12.8 Å². The molecule has 76 valence electrons. The van der Waals surface area contributed by atoms with Crippen LogP contribution in [0.3, 0.4) is 0 Å². The Morgan fingerprint density at radius 1 is 1.21 bits per heavy atom. The molecule has 2 nitrogen and oxygen atoms in total. The fourth-order valence-corrected chi connectivity index (χ4v) is 2.58. The number of ether oxygens (including phenoxy) is 1. The first kappa shape index (κ1) is 10.5. The van der Waals surface area contributed by atoms with E-state index in [1.807, 2.05) is 18.2 Å². The third kappa shape index (κ3) is 2.12. The highest BCUT2D eigenvalue weighted by molar-refractivity contribution is 9.11. The molecule has 1 aromatic carbocycles. The van der Waals surface area contributed by atoms with Gasteiger partial charge in [-0.3, -0.25) is 0 Å². The highest BCUT2D eigenvalue weighted by Crippen LogP contribution is 2.36. The zero-order valence-corrected chi connectivity index (χ0v) is 10.6. The van der Waals surface area contributed by atoms with Crippen LogP contribution in [-0.2, 0) is 0 Å². The maximum Gasteiger partial charge on any atom is 0.148 e. The zero-order valence-electron chi connectivity index (χ0n) is 7.41. The molecule has 0 amide bonds. The van der Waals surface area contributed by atoms with Gasteiger partial charge in [-0.25, -0.2) is 0 Å². The number of aliphatic hydroxyl groups excluding tert-OH is 1. The van der Waals surface area contributed by atoms with Crippen molar-refractivity contribution in [2.75, 3.05) is 0 Å². The van der Waals surface area contributed by atoms with Gasteiger partial charge in [0.25, 0.3) is 0 Å². The van der Waals surface area contributed by atoms with Crippen LogP contribution in [0.25, 0.3) is 0 Å². The van der Waals surface area contributed by atoms with Crippen LogP contribution in [0.5, 0.6) is 5.75 Å². The predicted octanol–water partition coefficient (Wildman–Crippen LogP) is 3.11. The van der Waals surface area contributed by atoms with E-state index in [2.05, 4.69) is 31.9 Å². The lowest BCUT2D eigenvalue weighted by molar-refractivity contribution is -0.0114. The Kier molecular flexibility index (Phi) is 3.14. The van der Waals surface area contributed by atoms with Gasteiger partial charge in [0.15, 0.2) is 0 Å². The third-order valence-corrected chi connectivity index (χ3v) is 3.52. The molecule has 2 rings (SSSR count). The van der Waals surface area contributed by atoms with E-state index in [1.165, 1.54) is 0 Å². The Morgan fingerprint density at radius 2 is 1.79 bits per heavy atom. The molecular formula is C10H10Br2O2. The second-order valence-corrected chi connectivity index (χ2v) is 5.12. The zero-order chi connectivity index (χ0) is 10.1. The monoisotopic (exact) mass is 320 g/mol. The summed E-state index contributed by atoms with van der Waals surface area (Å²) in [4.78, 5) is 0. The van der Waals surface area contributed by atoms with Crippen LogP contribution >= 0.6 is 31.9 Å². The van der Waals surface area contributed by atoms with Crippen molar-refractivity contribution in [3.05, 3.63) is 27.1 Å². The minimum Gasteiger partial charge on any atom is -0.488 e. The van der Waals surface area contributed by atoms with E-state index >= 15 is 0 Å². The largest absolute Gasteiger partial charge is 0.488 e. The first-order chi connectivity index (χ1) is 6.66. The van der Waals surface area contributed by atoms with E-state index in [4.69, 9.17) is 9.84 Å². The molecule has 1 aliphatic carbocycles. The van der Waals surface area contributed by atoms with Gasteiger partial charge in [0.2, 0.25) is 0 Å². The van der Waals surface area contributed by atoms with Crippen LogP contribution in [-0.4, -0.2) is 17.3 Å². The van der Waals surface area contributed by atoms with E-state index in [-0.39, 0.29) is 12.2 Å². The normalized spacial score (nSPS) is 25.6. The van der Waals surface area contributed by atoms with Crippen molar-refractivity contribution in [2.45, 2.75) is 25.0 Å². The van der Waals surface area contributed by atoms with Gasteiger partial charge in [-0.15, -0.1) is 0 Å². The van der Waals surface area contributed by atoms with Crippen molar-refractivity contribution in [3.8, 4) is 5.75 Å². The molecule has 0 bridgehead atoms. The fraction of sp³-hybridized carbons (Fsp3) is 0.400. The molecule has 1 saturated carbocycles. The molecule has 4 heteroatoms. The summed E-state index contributed by atoms with van der Waals surface area (Å²) in [7, 11) is 0. The maximum absolute atomic E-state index is 9.13. The van der Waals surface area contributed by atoms with Crippen molar-refractivity contribution in [1.82, 2.24) is 0 Å². The maximum atomic E-state index is 9.13. The van der Waals surface area contributed by atoms with E-state index in [1.54, 1.807) is 0 Å². The summed E-state index contributed by atoms with van der Waals surface area (Å²) >= 11 is 6.85. The summed E-state index contributed by atoms with van der Waals surface area (Å²) in [6.45, 7) is 0. The summed E-state index contributed by atoms with van der Waals surface area (Å²) in [5.41, 5.74) is 0. The third-order valence-electron chi connectivity index (χ3n) is 2.27. The minimum absolute atomic E-state index is 0.153. The fourth-order valence-electron chi connectivity index (χ4n) is 1.40. The van der Waals surface area contributed by atoms with Gasteiger partial charge >= 0.3 is 0 Å². The van der Waals surface area contributed by atoms with Gasteiger partial charge in [0.1, 0.15) is 11.9 Å². The molecule has 14 heavy (non-hydrogen) atoms. The highest BCUT2D eigenvalue weighted by Gasteiger charge is 2.29. The van der Waals surface area contributed by atoms with Gasteiger partial charge < -0.3 is 9.84 Å². The molecule has 0 aromatic heterocycles. The highest BCUT2D eigenvalue weighted by atomic mass is 79.9. The molecule has 1 aromatic rings. The number of benzene rings is 1. The molecule has 0 aliphatic heterocycles. The molecule has 1 aliphatic rings. The molecule has 1 N–H and O–H groups in total. The SMILES string of the molecule is OC1CC(Oc2c(Br)cccc2Br)C1. The van der Waals surface area contributed by atoms with Gasteiger partial charge in [0.05, 0.1) is 15.0 Å². The molecule has 0 spiro atoms. The first-order valence-electron chi connectivity index (χ1n) is 4.45. The van der Waals surface area contributed by atoms with E-state index in [0.29, 0.717) is 0 Å². The van der Waals surface area contributed by atoms with Crippen LogP contribution in [0.4, 0.5) is 0 Å². The summed E-state index contributed by atoms with van der Waals surface area (Å²) in [5, 5.41) is 9.13. The van der Waals surface area contributed by atoms with Crippen molar-refractivity contribution < 1.29 is 9.84 Å². The Morgan fingerprint density at radius 3 is 2.29 bits per heavy atom. The molecule has 0 saturated heterocycles. The molecule has 1 fully saturated rings. The Bertz CT molecular complexity index is 315. The quantitative estimate of drug-likeness (QED) is 0.907. The standard InChI is InChI=1S/C10H10Br2O2/c11-8-2-1-3-9(12)10(8)14-7-4-6(13)5-7/h1-3,6-7,13H,4-5H2. The predicted molar refractivity (Wildman–Crippen MR) is 61.5 cm³/mol. The summed E-state index contributed by atoms with van der Waals surface area (Å²) in [5.74, 6) is 0.824. The number of hydrogen-bond acceptors (Lipinski definition) is 2. The summed E-state index contributed by atoms with van der Waals surface area (Å²) < 4.78 is 7.60. The van der Waals surface area contributed by atoms with E-state index in [9.17, 15) is 0 Å². The lowest BCUT2D eigenvalue weighted by Crippen LogP contribution is -2.37. The second kappa shape index (κ2) is 4.21. The number of halogens is 2. The summed E-state index contributed by atoms with van der Waals surface area (Å²) in [6, 6.07) is 5.82. The Hall–Kier alpha value is -0.0600. The van der Waals surface area contributed by atoms with Crippen LogP contribution < -0.4 is 4.74 Å². The number of para-hydroxylation sites is 1. The van der Waals surface area contributed by atoms with Crippen LogP contribution in [0.15, 0.2) is 27.1 Å². The average molecular weight is 322 g/mol. The molecule has 0 atom stereocenters. The number of hydrogen-bond donors (Lipinski definition) is 1. The number of aliphatic hydroxyl groups is 1. The van der Waals surface area contributed by atoms with E-state index < -0.39 is 0 Å². The number of rotatable bonds is 2. The van der Waals surface area contributed by atoms with E-state index in [0.717, 1.165) is 27.5 Å². The Labute approximate surface area is 99.5 Å². The van der Waals surface area contributed by atoms with Gasteiger partial charge in [-0.1, -0.05) is 6.07 Å². The lowest BCUT2D eigenvalue weighted by atomic mass is 9.92. The minimum atomic E-state index is -0.179. The van der Waals surface area contributed by atoms with Crippen LogP contribution in [0, 0.1) is 0 Å². The van der Waals surface area contributed by atoms with Crippen molar-refractivity contribution in [3.63, 3.8) is 0 Å².